The van der Waals surface area contributed by atoms with Crippen molar-refractivity contribution in [1.29, 1.82) is 5.26 Å². The Balaban J connectivity index is 1.81. The molecule has 4 aromatic carbocycles. The van der Waals surface area contributed by atoms with E-state index in [0.717, 1.165) is 32.7 Å². The molecule has 0 heterocycles. The molecular weight excluding hydrogens is 372 g/mol. The highest BCUT2D eigenvalue weighted by atomic mass is 16.5. The zero-order valence-corrected chi connectivity index (χ0v) is 16.6. The Morgan fingerprint density at radius 2 is 1.60 bits per heavy atom. The standard InChI is InChI=1S/C26H20N2O2/c1-17-10-11-18-6-3-5-9-22(18)24(17)16-30-25-13-12-19-7-2-4-8-21(19)23(25)14-20(15-27)26(28)29/h2-14H,16H2,1H3,(H2,28,29)/b20-14+. The second kappa shape index (κ2) is 8.10. The van der Waals surface area contributed by atoms with Crippen LogP contribution in [0.1, 0.15) is 16.7 Å². The van der Waals surface area contributed by atoms with Gasteiger partial charge in [-0.25, -0.2) is 0 Å². The molecule has 1 amide bonds. The molecule has 4 nitrogen and oxygen atoms in total. The maximum absolute atomic E-state index is 11.6. The second-order valence-corrected chi connectivity index (χ2v) is 7.10. The number of hydrogen-bond donors (Lipinski definition) is 1. The minimum absolute atomic E-state index is 0.113. The number of ether oxygens (including phenoxy) is 1. The van der Waals surface area contributed by atoms with Crippen LogP contribution in [0.2, 0.25) is 0 Å². The predicted octanol–water partition coefficient (Wildman–Crippen LogP) is 5.27. The summed E-state index contributed by atoms with van der Waals surface area (Å²) in [5, 5.41) is 13.5. The summed E-state index contributed by atoms with van der Waals surface area (Å²) in [5.41, 5.74) is 8.16. The van der Waals surface area contributed by atoms with Crippen LogP contribution in [-0.4, -0.2) is 5.91 Å². The number of primary amides is 1. The van der Waals surface area contributed by atoms with E-state index in [0.29, 0.717) is 17.9 Å². The van der Waals surface area contributed by atoms with E-state index in [1.807, 2.05) is 54.6 Å². The van der Waals surface area contributed by atoms with Crippen molar-refractivity contribution in [2.75, 3.05) is 0 Å². The van der Waals surface area contributed by atoms with Gasteiger partial charge in [0, 0.05) is 11.1 Å². The van der Waals surface area contributed by atoms with Gasteiger partial charge in [-0.05, 0) is 46.2 Å². The molecule has 0 unspecified atom stereocenters. The quantitative estimate of drug-likeness (QED) is 0.371. The average molecular weight is 392 g/mol. The van der Waals surface area contributed by atoms with Gasteiger partial charge in [0.25, 0.3) is 5.91 Å². The van der Waals surface area contributed by atoms with Gasteiger partial charge in [-0.1, -0.05) is 66.7 Å². The number of nitrogens with zero attached hydrogens (tertiary/aromatic N) is 1. The van der Waals surface area contributed by atoms with Crippen molar-refractivity contribution in [3.8, 4) is 11.8 Å². The van der Waals surface area contributed by atoms with Crippen LogP contribution >= 0.6 is 0 Å². The third-order valence-corrected chi connectivity index (χ3v) is 5.25. The van der Waals surface area contributed by atoms with Crippen molar-refractivity contribution >= 4 is 33.5 Å². The molecule has 4 heteroatoms. The summed E-state index contributed by atoms with van der Waals surface area (Å²) in [6, 6.07) is 25.9. The van der Waals surface area contributed by atoms with E-state index in [9.17, 15) is 10.1 Å². The summed E-state index contributed by atoms with van der Waals surface area (Å²) in [6.45, 7) is 2.43. The number of rotatable bonds is 5. The first-order valence-electron chi connectivity index (χ1n) is 9.62. The molecule has 0 radical (unpaired) electrons. The first kappa shape index (κ1) is 19.2. The highest BCUT2D eigenvalue weighted by Gasteiger charge is 2.13. The molecule has 4 aromatic rings. The molecular formula is C26H20N2O2. The van der Waals surface area contributed by atoms with Crippen LogP contribution < -0.4 is 10.5 Å². The van der Waals surface area contributed by atoms with Gasteiger partial charge in [-0.3, -0.25) is 4.79 Å². The van der Waals surface area contributed by atoms with Crippen molar-refractivity contribution in [1.82, 2.24) is 0 Å². The van der Waals surface area contributed by atoms with Crippen molar-refractivity contribution in [2.45, 2.75) is 13.5 Å². The number of aryl methyl sites for hydroxylation is 1. The minimum atomic E-state index is -0.763. The topological polar surface area (TPSA) is 76.1 Å². The molecule has 4 rings (SSSR count). The highest BCUT2D eigenvalue weighted by Crippen LogP contribution is 2.32. The van der Waals surface area contributed by atoms with E-state index in [1.54, 1.807) is 0 Å². The molecule has 30 heavy (non-hydrogen) atoms. The van der Waals surface area contributed by atoms with Crippen LogP contribution in [0.3, 0.4) is 0 Å². The molecule has 0 bridgehead atoms. The molecule has 0 saturated carbocycles. The van der Waals surface area contributed by atoms with E-state index < -0.39 is 5.91 Å². The number of carbonyl (C=O) groups excluding carboxylic acids is 1. The lowest BCUT2D eigenvalue weighted by Crippen LogP contribution is -2.12. The minimum Gasteiger partial charge on any atom is -0.488 e. The molecule has 0 fully saturated rings. The molecule has 0 saturated heterocycles. The Morgan fingerprint density at radius 3 is 2.30 bits per heavy atom. The first-order valence-corrected chi connectivity index (χ1v) is 9.62. The third-order valence-electron chi connectivity index (χ3n) is 5.25. The van der Waals surface area contributed by atoms with Crippen molar-refractivity contribution in [3.63, 3.8) is 0 Å². The monoisotopic (exact) mass is 392 g/mol. The summed E-state index contributed by atoms with van der Waals surface area (Å²) in [5.74, 6) is -0.170. The Labute approximate surface area is 174 Å². The van der Waals surface area contributed by atoms with Crippen LogP contribution in [0.5, 0.6) is 5.75 Å². The number of hydrogen-bond acceptors (Lipinski definition) is 3. The summed E-state index contributed by atoms with van der Waals surface area (Å²) >= 11 is 0. The molecule has 0 aromatic heterocycles. The van der Waals surface area contributed by atoms with Gasteiger partial charge in [0.1, 0.15) is 24.0 Å². The fourth-order valence-corrected chi connectivity index (χ4v) is 3.64. The van der Waals surface area contributed by atoms with Gasteiger partial charge >= 0.3 is 0 Å². The van der Waals surface area contributed by atoms with E-state index in [4.69, 9.17) is 10.5 Å². The zero-order chi connectivity index (χ0) is 21.1. The normalized spacial score (nSPS) is 11.4. The van der Waals surface area contributed by atoms with Gasteiger partial charge < -0.3 is 10.5 Å². The number of fused-ring (bicyclic) bond motifs is 2. The Bertz CT molecular complexity index is 1350. The van der Waals surface area contributed by atoms with Gasteiger partial charge in [-0.2, -0.15) is 5.26 Å². The molecule has 0 spiro atoms. The Morgan fingerprint density at radius 1 is 0.967 bits per heavy atom. The number of amides is 1. The second-order valence-electron chi connectivity index (χ2n) is 7.10. The summed E-state index contributed by atoms with van der Waals surface area (Å²) in [6.07, 6.45) is 1.51. The largest absolute Gasteiger partial charge is 0.488 e. The van der Waals surface area contributed by atoms with Crippen LogP contribution in [0.15, 0.2) is 78.4 Å². The van der Waals surface area contributed by atoms with E-state index in [-0.39, 0.29) is 5.57 Å². The number of nitriles is 1. The molecule has 0 aliphatic rings. The van der Waals surface area contributed by atoms with Crippen LogP contribution in [0.4, 0.5) is 0 Å². The number of nitrogens with two attached hydrogens (primary N) is 1. The predicted molar refractivity (Wildman–Crippen MR) is 120 cm³/mol. The lowest BCUT2D eigenvalue weighted by molar-refractivity contribution is -0.114. The summed E-state index contributed by atoms with van der Waals surface area (Å²) < 4.78 is 6.24. The third kappa shape index (κ3) is 3.61. The maximum Gasteiger partial charge on any atom is 0.259 e. The number of carbonyl (C=O) groups is 1. The fourth-order valence-electron chi connectivity index (χ4n) is 3.64. The van der Waals surface area contributed by atoms with E-state index >= 15 is 0 Å². The highest BCUT2D eigenvalue weighted by molar-refractivity contribution is 6.04. The average Bonchev–Trinajstić information content (AvgIpc) is 2.77. The SMILES string of the molecule is Cc1ccc2ccccc2c1COc1ccc2ccccc2c1/C=C(\C#N)C(N)=O. The smallest absolute Gasteiger partial charge is 0.259 e. The lowest BCUT2D eigenvalue weighted by atomic mass is 9.99. The molecule has 0 atom stereocenters. The molecule has 146 valence electrons. The van der Waals surface area contributed by atoms with Crippen molar-refractivity contribution in [3.05, 3.63) is 95.1 Å². The fraction of sp³-hybridized carbons (Fsp3) is 0.0769. The van der Waals surface area contributed by atoms with Gasteiger partial charge in [0.05, 0.1) is 0 Å². The lowest BCUT2D eigenvalue weighted by Gasteiger charge is -2.15. The van der Waals surface area contributed by atoms with Crippen molar-refractivity contribution in [2.24, 2.45) is 5.73 Å². The Kier molecular flexibility index (Phi) is 5.19. The van der Waals surface area contributed by atoms with E-state index in [1.165, 1.54) is 6.08 Å². The van der Waals surface area contributed by atoms with Gasteiger partial charge in [0.15, 0.2) is 0 Å². The zero-order valence-electron chi connectivity index (χ0n) is 16.6. The van der Waals surface area contributed by atoms with Crippen LogP contribution in [0, 0.1) is 18.3 Å². The van der Waals surface area contributed by atoms with Crippen LogP contribution in [-0.2, 0) is 11.4 Å². The molecule has 0 aliphatic heterocycles. The van der Waals surface area contributed by atoms with Gasteiger partial charge in [0.2, 0.25) is 0 Å². The van der Waals surface area contributed by atoms with Crippen LogP contribution in [0.25, 0.3) is 27.6 Å². The van der Waals surface area contributed by atoms with Gasteiger partial charge in [-0.15, -0.1) is 0 Å². The molecule has 2 N–H and O–H groups in total. The van der Waals surface area contributed by atoms with Crippen molar-refractivity contribution < 1.29 is 9.53 Å². The number of benzene rings is 4. The first-order chi connectivity index (χ1) is 14.6. The maximum atomic E-state index is 11.6. The summed E-state index contributed by atoms with van der Waals surface area (Å²) in [4.78, 5) is 11.6. The molecule has 0 aliphatic carbocycles. The van der Waals surface area contributed by atoms with E-state index in [2.05, 4.69) is 31.2 Å². The Hall–Kier alpha value is -4.10. The summed E-state index contributed by atoms with van der Waals surface area (Å²) in [7, 11) is 0.